The summed E-state index contributed by atoms with van der Waals surface area (Å²) in [5, 5.41) is 6.53. The second kappa shape index (κ2) is 4.02. The Hall–Kier alpha value is -0.680. The van der Waals surface area contributed by atoms with Gasteiger partial charge in [-0.05, 0) is 31.0 Å². The highest BCUT2D eigenvalue weighted by Crippen LogP contribution is 2.28. The Morgan fingerprint density at radius 3 is 3.15 bits per heavy atom. The summed E-state index contributed by atoms with van der Waals surface area (Å²) in [4.78, 5) is 0. The number of hydrogen-bond donors (Lipinski definition) is 1. The number of aromatic nitrogens is 3. The maximum Gasteiger partial charge on any atom is 0.195 e. The van der Waals surface area contributed by atoms with Gasteiger partial charge in [-0.25, -0.2) is 0 Å². The van der Waals surface area contributed by atoms with Crippen LogP contribution in [-0.2, 0) is 11.3 Å². The van der Waals surface area contributed by atoms with Gasteiger partial charge in [-0.15, -0.1) is 0 Å². The molecule has 1 heterocycles. The van der Waals surface area contributed by atoms with E-state index in [4.69, 9.17) is 17.0 Å². The summed E-state index contributed by atoms with van der Waals surface area (Å²) < 4.78 is 8.02. The van der Waals surface area contributed by atoms with Crippen molar-refractivity contribution in [1.29, 1.82) is 0 Å². The van der Waals surface area contributed by atoms with Gasteiger partial charge >= 0.3 is 0 Å². The van der Waals surface area contributed by atoms with Gasteiger partial charge < -0.3 is 9.30 Å². The summed E-state index contributed by atoms with van der Waals surface area (Å²) in [7, 11) is 0. The van der Waals surface area contributed by atoms with Gasteiger partial charge in [-0.1, -0.05) is 0 Å². The molecule has 1 aromatic rings. The van der Waals surface area contributed by atoms with Crippen molar-refractivity contribution >= 4 is 12.2 Å². The first kappa shape index (κ1) is 8.90. The van der Waals surface area contributed by atoms with Crippen molar-refractivity contribution in [2.75, 3.05) is 13.2 Å². The van der Waals surface area contributed by atoms with Gasteiger partial charge in [0.2, 0.25) is 0 Å². The van der Waals surface area contributed by atoms with Crippen molar-refractivity contribution in [3.8, 4) is 0 Å². The van der Waals surface area contributed by atoms with E-state index in [1.165, 1.54) is 12.8 Å². The summed E-state index contributed by atoms with van der Waals surface area (Å²) in [5.41, 5.74) is 0. The summed E-state index contributed by atoms with van der Waals surface area (Å²) in [6, 6.07) is 0. The number of H-pyrrole nitrogens is 1. The molecule has 0 saturated heterocycles. The molecule has 0 aliphatic heterocycles. The molecule has 1 aliphatic carbocycles. The Balaban J connectivity index is 1.67. The average molecular weight is 199 g/mol. The Morgan fingerprint density at radius 1 is 1.69 bits per heavy atom. The van der Waals surface area contributed by atoms with E-state index >= 15 is 0 Å². The van der Waals surface area contributed by atoms with E-state index in [1.54, 1.807) is 6.33 Å². The Labute approximate surface area is 81.9 Å². The molecule has 72 valence electrons. The van der Waals surface area contributed by atoms with Crippen LogP contribution in [0, 0.1) is 10.7 Å². The highest BCUT2D eigenvalue weighted by Gasteiger charge is 2.20. The molecule has 4 nitrogen and oxygen atoms in total. The van der Waals surface area contributed by atoms with Crippen molar-refractivity contribution in [2.45, 2.75) is 19.4 Å². The van der Waals surface area contributed by atoms with Gasteiger partial charge in [0.1, 0.15) is 6.33 Å². The van der Waals surface area contributed by atoms with E-state index < -0.39 is 0 Å². The predicted molar refractivity (Wildman–Crippen MR) is 51.0 cm³/mol. The molecule has 2 rings (SSSR count). The fourth-order valence-corrected chi connectivity index (χ4v) is 1.32. The Kier molecular flexibility index (Phi) is 2.75. The van der Waals surface area contributed by atoms with Crippen LogP contribution in [-0.4, -0.2) is 28.0 Å². The highest BCUT2D eigenvalue weighted by molar-refractivity contribution is 7.71. The Morgan fingerprint density at radius 2 is 2.54 bits per heavy atom. The minimum absolute atomic E-state index is 0.662. The molecule has 1 fully saturated rings. The van der Waals surface area contributed by atoms with E-state index in [0.29, 0.717) is 4.77 Å². The lowest BCUT2D eigenvalue weighted by atomic mass is 10.5. The summed E-state index contributed by atoms with van der Waals surface area (Å²) >= 11 is 4.99. The van der Waals surface area contributed by atoms with Crippen molar-refractivity contribution < 1.29 is 4.74 Å². The van der Waals surface area contributed by atoms with Crippen LogP contribution in [0.2, 0.25) is 0 Å². The van der Waals surface area contributed by atoms with Crippen LogP contribution < -0.4 is 0 Å². The van der Waals surface area contributed by atoms with Crippen LogP contribution in [0.1, 0.15) is 12.8 Å². The third-order valence-corrected chi connectivity index (χ3v) is 2.47. The number of rotatable bonds is 5. The lowest BCUT2D eigenvalue weighted by Gasteiger charge is -2.02. The Bertz CT molecular complexity index is 315. The van der Waals surface area contributed by atoms with Crippen molar-refractivity contribution in [3.05, 3.63) is 11.1 Å². The molecule has 1 aliphatic rings. The first-order valence-electron chi connectivity index (χ1n) is 4.54. The summed E-state index contributed by atoms with van der Waals surface area (Å²) in [6.45, 7) is 2.43. The molecule has 0 bridgehead atoms. The quantitative estimate of drug-likeness (QED) is 0.575. The zero-order chi connectivity index (χ0) is 9.10. The summed E-state index contributed by atoms with van der Waals surface area (Å²) in [5.74, 6) is 0.831. The summed E-state index contributed by atoms with van der Waals surface area (Å²) in [6.07, 6.45) is 4.37. The van der Waals surface area contributed by atoms with Crippen LogP contribution in [0.15, 0.2) is 6.33 Å². The normalized spacial score (nSPS) is 16.3. The van der Waals surface area contributed by atoms with Gasteiger partial charge in [-0.3, -0.25) is 5.10 Å². The highest BCUT2D eigenvalue weighted by atomic mass is 32.1. The van der Waals surface area contributed by atoms with Gasteiger partial charge in [0, 0.05) is 13.2 Å². The zero-order valence-corrected chi connectivity index (χ0v) is 8.22. The van der Waals surface area contributed by atoms with Crippen LogP contribution in [0.4, 0.5) is 0 Å². The zero-order valence-electron chi connectivity index (χ0n) is 7.40. The largest absolute Gasteiger partial charge is 0.379 e. The standard InChI is InChI=1S/C8H13N3OS/c13-8-10-9-6-11(8)3-4-12-5-7-1-2-7/h6-7H,1-5H2,(H,10,13). The van der Waals surface area contributed by atoms with Crippen LogP contribution in [0.5, 0.6) is 0 Å². The smallest absolute Gasteiger partial charge is 0.195 e. The van der Waals surface area contributed by atoms with Gasteiger partial charge in [-0.2, -0.15) is 5.10 Å². The van der Waals surface area contributed by atoms with Crippen LogP contribution in [0.3, 0.4) is 0 Å². The van der Waals surface area contributed by atoms with E-state index in [-0.39, 0.29) is 0 Å². The lowest BCUT2D eigenvalue weighted by Crippen LogP contribution is -2.06. The molecule has 1 saturated carbocycles. The molecule has 0 radical (unpaired) electrons. The third-order valence-electron chi connectivity index (χ3n) is 2.15. The van der Waals surface area contributed by atoms with Crippen LogP contribution in [0.25, 0.3) is 0 Å². The molecule has 0 atom stereocenters. The fourth-order valence-electron chi connectivity index (χ4n) is 1.13. The van der Waals surface area contributed by atoms with E-state index in [0.717, 1.165) is 25.7 Å². The second-order valence-electron chi connectivity index (χ2n) is 3.37. The molecule has 1 N–H and O–H groups in total. The molecule has 5 heteroatoms. The number of nitrogens with one attached hydrogen (secondary N) is 1. The van der Waals surface area contributed by atoms with E-state index in [1.807, 2.05) is 4.57 Å². The topological polar surface area (TPSA) is 42.8 Å². The molecule has 1 aromatic heterocycles. The first-order chi connectivity index (χ1) is 6.36. The molecule has 0 aromatic carbocycles. The van der Waals surface area contributed by atoms with Gasteiger partial charge in [0.15, 0.2) is 4.77 Å². The molecule has 0 unspecified atom stereocenters. The average Bonchev–Trinajstić information content (AvgIpc) is 2.86. The molecule has 13 heavy (non-hydrogen) atoms. The number of ether oxygens (including phenoxy) is 1. The third kappa shape index (κ3) is 2.63. The number of nitrogens with zero attached hydrogens (tertiary/aromatic N) is 2. The minimum atomic E-state index is 0.662. The molecule has 0 spiro atoms. The van der Waals surface area contributed by atoms with Gasteiger partial charge in [0.05, 0.1) is 6.61 Å². The minimum Gasteiger partial charge on any atom is -0.379 e. The number of hydrogen-bond acceptors (Lipinski definition) is 3. The van der Waals surface area contributed by atoms with E-state index in [9.17, 15) is 0 Å². The predicted octanol–water partition coefficient (Wildman–Crippen LogP) is 1.37. The SMILES string of the molecule is S=c1[nH]ncn1CCOCC1CC1. The van der Waals surface area contributed by atoms with Gasteiger partial charge in [0.25, 0.3) is 0 Å². The van der Waals surface area contributed by atoms with Crippen molar-refractivity contribution in [2.24, 2.45) is 5.92 Å². The second-order valence-corrected chi connectivity index (χ2v) is 3.76. The number of aromatic amines is 1. The lowest BCUT2D eigenvalue weighted by molar-refractivity contribution is 0.116. The van der Waals surface area contributed by atoms with E-state index in [2.05, 4.69) is 10.2 Å². The van der Waals surface area contributed by atoms with Crippen molar-refractivity contribution in [3.63, 3.8) is 0 Å². The first-order valence-corrected chi connectivity index (χ1v) is 4.94. The van der Waals surface area contributed by atoms with Crippen molar-refractivity contribution in [1.82, 2.24) is 14.8 Å². The monoisotopic (exact) mass is 199 g/mol. The maximum absolute atomic E-state index is 5.48. The molecular formula is C8H13N3OS. The maximum atomic E-state index is 5.48. The molecular weight excluding hydrogens is 186 g/mol. The molecule has 0 amide bonds. The van der Waals surface area contributed by atoms with Crippen LogP contribution >= 0.6 is 12.2 Å². The fraction of sp³-hybridized carbons (Fsp3) is 0.750.